The Bertz CT molecular complexity index is 1150. The zero-order valence-electron chi connectivity index (χ0n) is 16.3. The first-order chi connectivity index (χ1) is 13.8. The molecule has 0 aliphatic heterocycles. The first kappa shape index (κ1) is 20.0. The lowest BCUT2D eigenvalue weighted by molar-refractivity contribution is -0.139. The molecule has 2 aromatic carbocycles. The molecule has 0 saturated carbocycles. The van der Waals surface area contributed by atoms with Crippen molar-refractivity contribution in [3.8, 4) is 11.5 Å². The molecular weight excluding hydrogens is 378 g/mol. The van der Waals surface area contributed by atoms with Crippen LogP contribution in [-0.2, 0) is 18.9 Å². The lowest BCUT2D eigenvalue weighted by Crippen LogP contribution is -2.19. The summed E-state index contributed by atoms with van der Waals surface area (Å²) < 4.78 is 13.7. The van der Waals surface area contributed by atoms with E-state index in [-0.39, 0.29) is 23.1 Å². The van der Waals surface area contributed by atoms with Crippen molar-refractivity contribution in [3.63, 3.8) is 0 Å². The number of carbonyl (C=O) groups excluding carboxylic acids is 1. The molecular formula is C20H21N3O6. The summed E-state index contributed by atoms with van der Waals surface area (Å²) in [7, 11) is 3.35. The maximum Gasteiger partial charge on any atom is 0.341 e. The number of carbonyl (C=O) groups is 2. The molecule has 0 spiro atoms. The third-order valence-electron chi connectivity index (χ3n) is 4.39. The second kappa shape index (κ2) is 8.09. The number of carboxylic acids is 1. The molecule has 0 atom stereocenters. The second-order valence-corrected chi connectivity index (χ2v) is 6.34. The number of aliphatic carboxylic acids is 1. The number of aromatic nitrogens is 2. The van der Waals surface area contributed by atoms with Crippen LogP contribution in [0.2, 0.25) is 0 Å². The minimum atomic E-state index is -1.11. The highest BCUT2D eigenvalue weighted by atomic mass is 16.5. The van der Waals surface area contributed by atoms with Crippen molar-refractivity contribution in [3.05, 3.63) is 52.4 Å². The molecule has 1 heterocycles. The van der Waals surface area contributed by atoms with Crippen LogP contribution >= 0.6 is 0 Å². The Labute approximate surface area is 166 Å². The number of benzene rings is 2. The first-order valence-electron chi connectivity index (χ1n) is 8.90. The van der Waals surface area contributed by atoms with Gasteiger partial charge in [-0.25, -0.2) is 9.59 Å². The van der Waals surface area contributed by atoms with Crippen LogP contribution in [0.25, 0.3) is 11.0 Å². The summed E-state index contributed by atoms with van der Waals surface area (Å²) in [5, 5.41) is 11.6. The van der Waals surface area contributed by atoms with Gasteiger partial charge in [0.1, 0.15) is 0 Å². The van der Waals surface area contributed by atoms with Crippen molar-refractivity contribution in [2.45, 2.75) is 6.92 Å². The lowest BCUT2D eigenvalue weighted by atomic mass is 10.1. The molecule has 0 aliphatic rings. The smallest absolute Gasteiger partial charge is 0.341 e. The quantitative estimate of drug-likeness (QED) is 0.628. The highest BCUT2D eigenvalue weighted by molar-refractivity contribution is 6.05. The Morgan fingerprint density at radius 3 is 2.41 bits per heavy atom. The van der Waals surface area contributed by atoms with Crippen molar-refractivity contribution in [2.75, 3.05) is 18.5 Å². The maximum absolute atomic E-state index is 12.7. The summed E-state index contributed by atoms with van der Waals surface area (Å²) in [4.78, 5) is 35.4. The Morgan fingerprint density at radius 1 is 1.00 bits per heavy atom. The summed E-state index contributed by atoms with van der Waals surface area (Å²) in [5.74, 6) is -0.968. The molecule has 9 nitrogen and oxygen atoms in total. The van der Waals surface area contributed by atoms with Gasteiger partial charge in [-0.05, 0) is 43.3 Å². The zero-order valence-corrected chi connectivity index (χ0v) is 16.3. The molecule has 152 valence electrons. The van der Waals surface area contributed by atoms with E-state index >= 15 is 0 Å². The number of nitrogens with one attached hydrogen (secondary N) is 1. The van der Waals surface area contributed by atoms with Gasteiger partial charge in [-0.15, -0.1) is 0 Å². The fraction of sp³-hybridized carbons (Fsp3) is 0.250. The van der Waals surface area contributed by atoms with Crippen LogP contribution < -0.4 is 20.5 Å². The molecule has 2 N–H and O–H groups in total. The molecule has 9 heteroatoms. The number of amides is 1. The number of nitrogens with zero attached hydrogens (tertiary/aromatic N) is 2. The van der Waals surface area contributed by atoms with Crippen molar-refractivity contribution in [1.82, 2.24) is 9.13 Å². The highest BCUT2D eigenvalue weighted by Gasteiger charge is 2.14. The van der Waals surface area contributed by atoms with Gasteiger partial charge >= 0.3 is 11.7 Å². The number of hydrogen-bond acceptors (Lipinski definition) is 5. The van der Waals surface area contributed by atoms with E-state index in [1.165, 1.54) is 27.3 Å². The van der Waals surface area contributed by atoms with Gasteiger partial charge in [0.2, 0.25) is 0 Å². The van der Waals surface area contributed by atoms with Gasteiger partial charge < -0.3 is 19.9 Å². The number of rotatable bonds is 7. The van der Waals surface area contributed by atoms with Crippen LogP contribution in [-0.4, -0.2) is 39.3 Å². The summed E-state index contributed by atoms with van der Waals surface area (Å²) >= 11 is 0. The summed E-state index contributed by atoms with van der Waals surface area (Å²) in [5.41, 5.74) is 2.16. The van der Waals surface area contributed by atoms with Gasteiger partial charge in [-0.3, -0.25) is 13.9 Å². The van der Waals surface area contributed by atoms with E-state index in [4.69, 9.17) is 14.6 Å². The van der Waals surface area contributed by atoms with Crippen molar-refractivity contribution in [1.29, 1.82) is 0 Å². The predicted octanol–water partition coefficient (Wildman–Crippen LogP) is 1.99. The molecule has 0 bridgehead atoms. The minimum Gasteiger partial charge on any atom is -0.490 e. The van der Waals surface area contributed by atoms with Gasteiger partial charge in [-0.1, -0.05) is 0 Å². The fourth-order valence-electron chi connectivity index (χ4n) is 2.96. The number of hydrogen-bond donors (Lipinski definition) is 2. The number of ether oxygens (including phenoxy) is 2. The van der Waals surface area contributed by atoms with Crippen LogP contribution in [0, 0.1) is 0 Å². The first-order valence-corrected chi connectivity index (χ1v) is 8.90. The molecule has 0 radical (unpaired) electrons. The fourth-order valence-corrected chi connectivity index (χ4v) is 2.96. The van der Waals surface area contributed by atoms with E-state index in [9.17, 15) is 14.4 Å². The van der Waals surface area contributed by atoms with Gasteiger partial charge in [-0.2, -0.15) is 0 Å². The third-order valence-corrected chi connectivity index (χ3v) is 4.39. The highest BCUT2D eigenvalue weighted by Crippen LogP contribution is 2.29. The zero-order chi connectivity index (χ0) is 21.1. The number of fused-ring (bicyclic) bond motifs is 1. The van der Waals surface area contributed by atoms with Crippen LogP contribution in [0.1, 0.15) is 17.3 Å². The van der Waals surface area contributed by atoms with E-state index < -0.39 is 12.6 Å². The SMILES string of the molecule is CCOc1cc(C(=O)Nc2ccc3c(c2)n(C)c(=O)n3C)ccc1OCC(=O)O. The molecule has 0 unspecified atom stereocenters. The molecule has 29 heavy (non-hydrogen) atoms. The molecule has 0 fully saturated rings. The minimum absolute atomic E-state index is 0.151. The number of carboxylic acid groups (broad SMARTS) is 1. The van der Waals surface area contributed by atoms with Crippen molar-refractivity contribution >= 4 is 28.6 Å². The van der Waals surface area contributed by atoms with Gasteiger partial charge in [0.05, 0.1) is 17.6 Å². The normalized spacial score (nSPS) is 10.7. The second-order valence-electron chi connectivity index (χ2n) is 6.34. The maximum atomic E-state index is 12.7. The van der Waals surface area contributed by atoms with E-state index in [1.54, 1.807) is 39.2 Å². The van der Waals surface area contributed by atoms with E-state index in [0.29, 0.717) is 23.4 Å². The average Bonchev–Trinajstić information content (AvgIpc) is 2.91. The molecule has 1 amide bonds. The topological polar surface area (TPSA) is 112 Å². The number of aryl methyl sites for hydroxylation is 2. The van der Waals surface area contributed by atoms with Gasteiger partial charge in [0, 0.05) is 25.3 Å². The Kier molecular flexibility index (Phi) is 5.58. The van der Waals surface area contributed by atoms with Crippen LogP contribution in [0.5, 0.6) is 11.5 Å². The molecule has 3 aromatic rings. The van der Waals surface area contributed by atoms with Crippen LogP contribution in [0.15, 0.2) is 41.2 Å². The Morgan fingerprint density at radius 2 is 1.72 bits per heavy atom. The summed E-state index contributed by atoms with van der Waals surface area (Å²) in [6.07, 6.45) is 0. The van der Waals surface area contributed by atoms with Crippen molar-refractivity contribution < 1.29 is 24.2 Å². The van der Waals surface area contributed by atoms with Crippen molar-refractivity contribution in [2.24, 2.45) is 14.1 Å². The van der Waals surface area contributed by atoms with Crippen LogP contribution in [0.4, 0.5) is 5.69 Å². The molecule has 1 aromatic heterocycles. The van der Waals surface area contributed by atoms with E-state index in [2.05, 4.69) is 5.32 Å². The number of anilines is 1. The van der Waals surface area contributed by atoms with E-state index in [1.807, 2.05) is 0 Å². The molecule has 0 aliphatic carbocycles. The lowest BCUT2D eigenvalue weighted by Gasteiger charge is -2.12. The predicted molar refractivity (Wildman–Crippen MR) is 107 cm³/mol. The molecule has 3 rings (SSSR count). The van der Waals surface area contributed by atoms with Crippen LogP contribution in [0.3, 0.4) is 0 Å². The standard InChI is InChI=1S/C20H21N3O6/c1-4-28-17-9-12(5-8-16(17)29-11-18(24)25)19(26)21-13-6-7-14-15(10-13)23(3)20(27)22(14)2/h5-10H,4,11H2,1-3H3,(H,21,26)(H,24,25). The van der Waals surface area contributed by atoms with Gasteiger partial charge in [0.15, 0.2) is 18.1 Å². The average molecular weight is 399 g/mol. The third kappa shape index (κ3) is 4.08. The Balaban J connectivity index is 1.85. The number of imidazole rings is 1. The van der Waals surface area contributed by atoms with E-state index in [0.717, 1.165) is 5.52 Å². The van der Waals surface area contributed by atoms with Gasteiger partial charge in [0.25, 0.3) is 5.91 Å². The largest absolute Gasteiger partial charge is 0.490 e. The monoisotopic (exact) mass is 399 g/mol. The molecule has 0 saturated heterocycles. The Hall–Kier alpha value is -3.75. The summed E-state index contributed by atoms with van der Waals surface area (Å²) in [6.45, 7) is 1.59. The summed E-state index contributed by atoms with van der Waals surface area (Å²) in [6, 6.07) is 9.71.